The largest absolute Gasteiger partial charge is 0.330 e. The van der Waals surface area contributed by atoms with E-state index in [1.54, 1.807) is 0 Å². The van der Waals surface area contributed by atoms with Crippen molar-refractivity contribution in [3.63, 3.8) is 0 Å². The summed E-state index contributed by atoms with van der Waals surface area (Å²) < 4.78 is 0. The van der Waals surface area contributed by atoms with Crippen LogP contribution in [0.2, 0.25) is 0 Å². The fourth-order valence-electron chi connectivity index (χ4n) is 1.72. The molecule has 0 amide bonds. The lowest BCUT2D eigenvalue weighted by Gasteiger charge is -2.10. The van der Waals surface area contributed by atoms with E-state index in [0.717, 1.165) is 6.54 Å². The van der Waals surface area contributed by atoms with Crippen molar-refractivity contribution in [2.75, 3.05) is 6.54 Å². The minimum absolute atomic E-state index is 0.689. The molecule has 0 aliphatic heterocycles. The van der Waals surface area contributed by atoms with Crippen LogP contribution in [0.25, 0.3) is 0 Å². The fraction of sp³-hybridized carbons (Fsp3) is 0.538. The number of nitrogens with two attached hydrogens (primary N) is 1. The van der Waals surface area contributed by atoms with Crippen LogP contribution < -0.4 is 5.73 Å². The van der Waals surface area contributed by atoms with E-state index in [9.17, 15) is 0 Å². The van der Waals surface area contributed by atoms with Gasteiger partial charge in [0.2, 0.25) is 0 Å². The highest BCUT2D eigenvalue weighted by atomic mass is 14.5. The Morgan fingerprint density at radius 2 is 1.79 bits per heavy atom. The van der Waals surface area contributed by atoms with Crippen molar-refractivity contribution < 1.29 is 0 Å². The summed E-state index contributed by atoms with van der Waals surface area (Å²) in [5, 5.41) is 0. The van der Waals surface area contributed by atoms with Gasteiger partial charge in [0.25, 0.3) is 0 Å². The van der Waals surface area contributed by atoms with E-state index < -0.39 is 0 Å². The summed E-state index contributed by atoms with van der Waals surface area (Å²) in [5.41, 5.74) is 6.92. The zero-order valence-electron chi connectivity index (χ0n) is 9.08. The van der Waals surface area contributed by atoms with Gasteiger partial charge in [-0.05, 0) is 30.9 Å². The van der Waals surface area contributed by atoms with Crippen LogP contribution in [0.3, 0.4) is 0 Å². The minimum Gasteiger partial charge on any atom is -0.330 e. The molecule has 1 nitrogen and oxygen atoms in total. The highest BCUT2D eigenvalue weighted by Crippen LogP contribution is 2.20. The van der Waals surface area contributed by atoms with Gasteiger partial charge in [0.05, 0.1) is 0 Å². The molecule has 0 saturated carbocycles. The van der Waals surface area contributed by atoms with Crippen molar-refractivity contribution >= 4 is 0 Å². The van der Waals surface area contributed by atoms with E-state index in [0.29, 0.717) is 5.92 Å². The molecule has 1 atom stereocenters. The highest BCUT2D eigenvalue weighted by molar-refractivity contribution is 5.18. The van der Waals surface area contributed by atoms with Gasteiger partial charge in [-0.25, -0.2) is 0 Å². The van der Waals surface area contributed by atoms with Crippen molar-refractivity contribution in [2.45, 2.75) is 38.5 Å². The molecule has 0 aliphatic carbocycles. The molecule has 0 fully saturated rings. The highest BCUT2D eigenvalue weighted by Gasteiger charge is 2.03. The molecule has 1 aromatic rings. The molecule has 14 heavy (non-hydrogen) atoms. The summed E-state index contributed by atoms with van der Waals surface area (Å²) in [6, 6.07) is 10.7. The molecule has 0 radical (unpaired) electrons. The van der Waals surface area contributed by atoms with Crippen LogP contribution in [0, 0.1) is 0 Å². The van der Waals surface area contributed by atoms with Gasteiger partial charge < -0.3 is 5.73 Å². The number of hydrogen-bond donors (Lipinski definition) is 1. The van der Waals surface area contributed by atoms with Crippen molar-refractivity contribution in [3.05, 3.63) is 35.9 Å². The molecule has 1 unspecified atom stereocenters. The molecule has 0 bridgehead atoms. The molecule has 0 aliphatic rings. The van der Waals surface area contributed by atoms with Crippen molar-refractivity contribution in [3.8, 4) is 0 Å². The molecule has 0 aromatic heterocycles. The second kappa shape index (κ2) is 6.61. The van der Waals surface area contributed by atoms with Crippen LogP contribution >= 0.6 is 0 Å². The van der Waals surface area contributed by atoms with Crippen molar-refractivity contribution in [1.82, 2.24) is 0 Å². The number of benzene rings is 1. The number of rotatable bonds is 6. The Bertz CT molecular complexity index is 230. The van der Waals surface area contributed by atoms with Gasteiger partial charge in [0, 0.05) is 0 Å². The summed E-state index contributed by atoms with van der Waals surface area (Å²) in [5.74, 6) is 0.689. The lowest BCUT2D eigenvalue weighted by Crippen LogP contribution is -1.99. The summed E-state index contributed by atoms with van der Waals surface area (Å²) in [6.45, 7) is 3.14. The van der Waals surface area contributed by atoms with Crippen LogP contribution in [0.1, 0.15) is 44.1 Å². The number of hydrogen-bond acceptors (Lipinski definition) is 1. The van der Waals surface area contributed by atoms with Crippen LogP contribution in [0.15, 0.2) is 30.3 Å². The molecule has 0 spiro atoms. The molecule has 0 heterocycles. The summed E-state index contributed by atoms with van der Waals surface area (Å²) in [4.78, 5) is 0. The van der Waals surface area contributed by atoms with Gasteiger partial charge in [-0.15, -0.1) is 0 Å². The molecule has 1 rings (SSSR count). The molecular weight excluding hydrogens is 170 g/mol. The molecule has 2 N–H and O–H groups in total. The summed E-state index contributed by atoms with van der Waals surface area (Å²) in [7, 11) is 0. The number of unbranched alkanes of at least 4 members (excludes halogenated alkanes) is 2. The Balaban J connectivity index is 2.25. The Labute approximate surface area is 87.3 Å². The minimum atomic E-state index is 0.689. The van der Waals surface area contributed by atoms with Crippen molar-refractivity contribution in [2.24, 2.45) is 5.73 Å². The van der Waals surface area contributed by atoms with Gasteiger partial charge in [-0.2, -0.15) is 0 Å². The first-order valence-corrected chi connectivity index (χ1v) is 5.59. The Hall–Kier alpha value is -0.820. The molecule has 78 valence electrons. The van der Waals surface area contributed by atoms with Crippen molar-refractivity contribution in [1.29, 1.82) is 0 Å². The quantitative estimate of drug-likeness (QED) is 0.686. The van der Waals surface area contributed by atoms with Crippen LogP contribution in [0.5, 0.6) is 0 Å². The average Bonchev–Trinajstić information content (AvgIpc) is 2.25. The first kappa shape index (κ1) is 11.3. The predicted molar refractivity (Wildman–Crippen MR) is 62.4 cm³/mol. The maximum Gasteiger partial charge on any atom is -0.00773 e. The van der Waals surface area contributed by atoms with E-state index in [4.69, 9.17) is 5.73 Å². The normalized spacial score (nSPS) is 12.7. The third kappa shape index (κ3) is 3.93. The van der Waals surface area contributed by atoms with E-state index in [-0.39, 0.29) is 0 Å². The first-order chi connectivity index (χ1) is 6.84. The Kier molecular flexibility index (Phi) is 5.31. The fourth-order valence-corrected chi connectivity index (χ4v) is 1.72. The average molecular weight is 191 g/mol. The van der Waals surface area contributed by atoms with Gasteiger partial charge in [0.15, 0.2) is 0 Å². The lowest BCUT2D eigenvalue weighted by atomic mass is 9.95. The topological polar surface area (TPSA) is 26.0 Å². The van der Waals surface area contributed by atoms with Crippen LogP contribution in [-0.4, -0.2) is 6.54 Å². The summed E-state index contributed by atoms with van der Waals surface area (Å²) >= 11 is 0. The smallest absolute Gasteiger partial charge is 0.00773 e. The lowest BCUT2D eigenvalue weighted by molar-refractivity contribution is 0.588. The predicted octanol–water partition coefficient (Wildman–Crippen LogP) is 3.31. The standard InChI is InChI=1S/C13H21N/c1-12(8-4-3-7-11-14)13-9-5-2-6-10-13/h2,5-6,9-10,12H,3-4,7-8,11,14H2,1H3. The van der Waals surface area contributed by atoms with E-state index in [1.165, 1.54) is 31.2 Å². The second-order valence-corrected chi connectivity index (χ2v) is 3.95. The summed E-state index contributed by atoms with van der Waals surface area (Å²) in [6.07, 6.45) is 5.02. The molecule has 1 heteroatoms. The monoisotopic (exact) mass is 191 g/mol. The van der Waals surface area contributed by atoms with E-state index >= 15 is 0 Å². The van der Waals surface area contributed by atoms with Gasteiger partial charge in [-0.1, -0.05) is 50.1 Å². The SMILES string of the molecule is CC(CCCCCN)c1ccccc1. The zero-order chi connectivity index (χ0) is 10.2. The third-order valence-corrected chi connectivity index (χ3v) is 2.71. The van der Waals surface area contributed by atoms with E-state index in [2.05, 4.69) is 37.3 Å². The Morgan fingerprint density at radius 3 is 2.43 bits per heavy atom. The Morgan fingerprint density at radius 1 is 1.07 bits per heavy atom. The van der Waals surface area contributed by atoms with Gasteiger partial charge in [-0.3, -0.25) is 0 Å². The van der Waals surface area contributed by atoms with Crippen LogP contribution in [-0.2, 0) is 0 Å². The van der Waals surface area contributed by atoms with Crippen LogP contribution in [0.4, 0.5) is 0 Å². The van der Waals surface area contributed by atoms with E-state index in [1.807, 2.05) is 0 Å². The van der Waals surface area contributed by atoms with Gasteiger partial charge in [0.1, 0.15) is 0 Å². The second-order valence-electron chi connectivity index (χ2n) is 3.95. The molecule has 1 aromatic carbocycles. The zero-order valence-corrected chi connectivity index (χ0v) is 9.08. The molecular formula is C13H21N. The van der Waals surface area contributed by atoms with Gasteiger partial charge >= 0.3 is 0 Å². The maximum absolute atomic E-state index is 5.46. The maximum atomic E-state index is 5.46. The molecule has 0 saturated heterocycles. The first-order valence-electron chi connectivity index (χ1n) is 5.59. The third-order valence-electron chi connectivity index (χ3n) is 2.71.